The fraction of sp³-hybridized carbons (Fsp3) is 0.444. The molecule has 0 amide bonds. The van der Waals surface area contributed by atoms with Gasteiger partial charge >= 0.3 is 0 Å². The average molecular weight is 510 g/mol. The Morgan fingerprint density at radius 2 is 1.67 bits per heavy atom. The van der Waals surface area contributed by atoms with Crippen LogP contribution in [0.15, 0.2) is 24.3 Å². The third-order valence-electron chi connectivity index (χ3n) is 3.11. The van der Waals surface area contributed by atoms with Crippen LogP contribution in [-0.4, -0.2) is 39.5 Å². The minimum Gasteiger partial charge on any atom is -0.486 e. The van der Waals surface area contributed by atoms with E-state index in [0.29, 0.717) is 12.3 Å². The molecule has 0 aliphatic rings. The van der Waals surface area contributed by atoms with Crippen molar-refractivity contribution in [3.8, 4) is 17.1 Å². The Hall–Kier alpha value is -1.33. The number of hydrogen-bond acceptors (Lipinski definition) is 5. The largest absolute Gasteiger partial charge is 0.486 e. The number of ether oxygens (including phenoxy) is 1. The molecule has 1 heterocycles. The van der Waals surface area contributed by atoms with Crippen LogP contribution >= 0.6 is 0 Å². The van der Waals surface area contributed by atoms with Crippen LogP contribution in [-0.2, 0) is 20.1 Å². The zero-order chi connectivity index (χ0) is 17.4. The maximum Gasteiger partial charge on any atom is 0.194 e. The van der Waals surface area contributed by atoms with E-state index in [2.05, 4.69) is 16.0 Å². The first-order valence-electron chi connectivity index (χ1n) is 7.57. The topological polar surface area (TPSA) is 75.5 Å². The molecule has 0 saturated carbocycles. The van der Waals surface area contributed by atoms with Gasteiger partial charge < -0.3 is 14.9 Å². The number of nitrogens with zero attached hydrogens (tertiary/aromatic N) is 2. The number of aliphatic hydroxyl groups is 2. The Morgan fingerprint density at radius 1 is 1.08 bits per heavy atom. The maximum atomic E-state index is 8.56. The van der Waals surface area contributed by atoms with Crippen LogP contribution in [0, 0.1) is 19.9 Å². The first-order chi connectivity index (χ1) is 10.8. The van der Waals surface area contributed by atoms with Crippen LogP contribution in [0.2, 0.25) is 0 Å². The van der Waals surface area contributed by atoms with E-state index in [1.54, 1.807) is 21.0 Å². The molecule has 0 saturated heterocycles. The second-order valence-electron chi connectivity index (χ2n) is 5.46. The Balaban J connectivity index is 0.000000570. The van der Waals surface area contributed by atoms with Gasteiger partial charge in [0.2, 0.25) is 0 Å². The van der Waals surface area contributed by atoms with Gasteiger partial charge in [-0.15, -0.1) is 35.9 Å². The molecule has 2 atom stereocenters. The van der Waals surface area contributed by atoms with Crippen molar-refractivity contribution in [3.05, 3.63) is 41.7 Å². The fourth-order valence-corrected chi connectivity index (χ4v) is 1.93. The van der Waals surface area contributed by atoms with Crippen molar-refractivity contribution >= 4 is 0 Å². The summed E-state index contributed by atoms with van der Waals surface area (Å²) in [5.41, 5.74) is 3.44. The van der Waals surface area contributed by atoms with Crippen LogP contribution in [0.1, 0.15) is 31.7 Å². The van der Waals surface area contributed by atoms with Gasteiger partial charge in [0.15, 0.2) is 5.88 Å². The van der Waals surface area contributed by atoms with Gasteiger partial charge in [-0.25, -0.2) is 4.98 Å². The molecule has 2 aromatic rings. The van der Waals surface area contributed by atoms with E-state index in [9.17, 15) is 0 Å². The molecule has 0 bridgehead atoms. The SMILES string of the molecule is CC(O)CC(C)O.COc1nc(C)c(C)nc1-c1[c-]cccc1.[Ir]. The predicted molar refractivity (Wildman–Crippen MR) is 90.3 cm³/mol. The van der Waals surface area contributed by atoms with Crippen molar-refractivity contribution in [1.29, 1.82) is 0 Å². The number of aromatic nitrogens is 2. The summed E-state index contributed by atoms with van der Waals surface area (Å²) in [5, 5.41) is 17.1. The van der Waals surface area contributed by atoms with Gasteiger partial charge in [0.25, 0.3) is 0 Å². The van der Waals surface area contributed by atoms with Crippen molar-refractivity contribution in [3.63, 3.8) is 0 Å². The Labute approximate surface area is 157 Å². The average Bonchev–Trinajstić information content (AvgIpc) is 2.49. The van der Waals surface area contributed by atoms with Gasteiger partial charge in [0.1, 0.15) is 0 Å². The second kappa shape index (κ2) is 11.3. The first-order valence-corrected chi connectivity index (χ1v) is 7.57. The van der Waals surface area contributed by atoms with Crippen LogP contribution in [0.4, 0.5) is 0 Å². The van der Waals surface area contributed by atoms with E-state index >= 15 is 0 Å². The minimum absolute atomic E-state index is 0. The van der Waals surface area contributed by atoms with E-state index in [1.165, 1.54) is 0 Å². The molecule has 6 heteroatoms. The smallest absolute Gasteiger partial charge is 0.194 e. The number of hydrogen-bond donors (Lipinski definition) is 2. The van der Waals surface area contributed by atoms with Gasteiger partial charge in [0, 0.05) is 31.5 Å². The van der Waals surface area contributed by atoms with Crippen molar-refractivity contribution < 1.29 is 35.1 Å². The van der Waals surface area contributed by atoms with Crippen molar-refractivity contribution in [2.75, 3.05) is 7.11 Å². The second-order valence-corrected chi connectivity index (χ2v) is 5.46. The molecule has 1 aromatic heterocycles. The Bertz CT molecular complexity index is 599. The molecule has 5 nitrogen and oxygen atoms in total. The molecule has 1 radical (unpaired) electrons. The molecule has 135 valence electrons. The van der Waals surface area contributed by atoms with Crippen LogP contribution in [0.25, 0.3) is 11.3 Å². The molecule has 2 rings (SSSR count). The summed E-state index contributed by atoms with van der Waals surface area (Å²) in [6.45, 7) is 7.18. The zero-order valence-electron chi connectivity index (χ0n) is 14.7. The van der Waals surface area contributed by atoms with Gasteiger partial charge in [-0.1, -0.05) is 0 Å². The molecule has 0 aliphatic heterocycles. The number of methoxy groups -OCH3 is 1. The first kappa shape index (κ1) is 22.7. The molecular weight excluding hydrogens is 484 g/mol. The summed E-state index contributed by atoms with van der Waals surface area (Å²) in [5.74, 6) is 0.547. The number of benzene rings is 1. The van der Waals surface area contributed by atoms with E-state index in [0.717, 1.165) is 22.6 Å². The molecule has 24 heavy (non-hydrogen) atoms. The van der Waals surface area contributed by atoms with E-state index in [-0.39, 0.29) is 32.3 Å². The van der Waals surface area contributed by atoms with Gasteiger partial charge in [-0.05, 0) is 34.1 Å². The summed E-state index contributed by atoms with van der Waals surface area (Å²) in [7, 11) is 1.60. The van der Waals surface area contributed by atoms with Gasteiger partial charge in [-0.3, -0.25) is 4.98 Å². The van der Waals surface area contributed by atoms with E-state index < -0.39 is 0 Å². The Morgan fingerprint density at radius 3 is 2.08 bits per heavy atom. The quantitative estimate of drug-likeness (QED) is 0.620. The van der Waals surface area contributed by atoms with Crippen LogP contribution in [0.3, 0.4) is 0 Å². The monoisotopic (exact) mass is 510 g/mol. The summed E-state index contributed by atoms with van der Waals surface area (Å²) < 4.78 is 5.24. The van der Waals surface area contributed by atoms with Gasteiger partial charge in [0.05, 0.1) is 25.0 Å². The summed E-state index contributed by atoms with van der Waals surface area (Å²) in [4.78, 5) is 8.86. The fourth-order valence-electron chi connectivity index (χ4n) is 1.93. The number of aryl methyl sites for hydroxylation is 2. The summed E-state index contributed by atoms with van der Waals surface area (Å²) in [6, 6.07) is 10.8. The van der Waals surface area contributed by atoms with Gasteiger partial charge in [-0.2, -0.15) is 0 Å². The van der Waals surface area contributed by atoms with E-state index in [4.69, 9.17) is 14.9 Å². The minimum atomic E-state index is -0.375. The molecule has 0 aliphatic carbocycles. The van der Waals surface area contributed by atoms with Crippen LogP contribution in [0.5, 0.6) is 5.88 Å². The predicted octanol–water partition coefficient (Wildman–Crippen LogP) is 2.70. The Kier molecular flexibility index (Phi) is 10.6. The standard InChI is InChI=1S/C13H13N2O.C5H12O2.Ir/c1-9-10(2)15-13(16-3)12(14-9)11-7-5-4-6-8-11;1-4(6)3-5(2)7;/h4-7H,1-3H3;4-7H,3H2,1-2H3;/q-1;;. The molecular formula is C18H25IrN2O3-. The van der Waals surface area contributed by atoms with E-state index in [1.807, 2.05) is 38.1 Å². The molecule has 1 aromatic carbocycles. The third-order valence-corrected chi connectivity index (χ3v) is 3.11. The molecule has 2 N–H and O–H groups in total. The van der Waals surface area contributed by atoms with Crippen molar-refractivity contribution in [2.45, 2.75) is 46.3 Å². The third kappa shape index (κ3) is 7.49. The summed E-state index contributed by atoms with van der Waals surface area (Å²) in [6.07, 6.45) is -0.278. The van der Waals surface area contributed by atoms with Crippen molar-refractivity contribution in [2.24, 2.45) is 0 Å². The maximum absolute atomic E-state index is 8.56. The summed E-state index contributed by atoms with van der Waals surface area (Å²) >= 11 is 0. The normalized spacial score (nSPS) is 12.3. The van der Waals surface area contributed by atoms with Crippen molar-refractivity contribution in [1.82, 2.24) is 9.97 Å². The van der Waals surface area contributed by atoms with Crippen LogP contribution < -0.4 is 4.74 Å². The molecule has 0 spiro atoms. The zero-order valence-corrected chi connectivity index (χ0v) is 17.1. The number of rotatable bonds is 4. The molecule has 0 fully saturated rings. The number of aliphatic hydroxyl groups excluding tert-OH is 2. The molecule has 2 unspecified atom stereocenters.